The summed E-state index contributed by atoms with van der Waals surface area (Å²) in [4.78, 5) is 28.7. The maximum Gasteiger partial charge on any atom is 0.305 e. The van der Waals surface area contributed by atoms with E-state index in [-0.39, 0.29) is 19.1 Å². The first-order valence-corrected chi connectivity index (χ1v) is 10.0. The molecule has 4 aromatic rings. The van der Waals surface area contributed by atoms with E-state index in [0.29, 0.717) is 28.3 Å². The normalized spacial score (nSPS) is 13.1. The van der Waals surface area contributed by atoms with Gasteiger partial charge in [-0.05, 0) is 42.0 Å². The molecule has 1 aliphatic heterocycles. The predicted molar refractivity (Wildman–Crippen MR) is 117 cm³/mol. The topological polar surface area (TPSA) is 103 Å². The van der Waals surface area contributed by atoms with Gasteiger partial charge in [-0.2, -0.15) is 0 Å². The molecule has 8 heteroatoms. The molecule has 3 aromatic carbocycles. The van der Waals surface area contributed by atoms with Crippen molar-refractivity contribution in [3.8, 4) is 11.5 Å². The highest BCUT2D eigenvalue weighted by Gasteiger charge is 2.20. The number of carbonyl (C=O) groups excluding carboxylic acids is 1. The van der Waals surface area contributed by atoms with Gasteiger partial charge in [0, 0.05) is 11.3 Å². The number of aliphatic carboxylic acids is 1. The van der Waals surface area contributed by atoms with E-state index in [9.17, 15) is 14.7 Å². The second-order valence-electron chi connectivity index (χ2n) is 7.40. The summed E-state index contributed by atoms with van der Waals surface area (Å²) in [7, 11) is 0. The lowest BCUT2D eigenvalue weighted by Crippen LogP contribution is -2.15. The molecule has 1 amide bonds. The van der Waals surface area contributed by atoms with Gasteiger partial charge in [0.25, 0.3) is 5.91 Å². The van der Waals surface area contributed by atoms with Crippen LogP contribution in [0.1, 0.15) is 28.4 Å². The third-order valence-corrected chi connectivity index (χ3v) is 5.36. The number of amides is 1. The summed E-state index contributed by atoms with van der Waals surface area (Å²) in [6.07, 6.45) is 1.54. The molecule has 0 spiro atoms. The Labute approximate surface area is 183 Å². The van der Waals surface area contributed by atoms with Crippen molar-refractivity contribution in [1.29, 1.82) is 0 Å². The highest BCUT2D eigenvalue weighted by atomic mass is 16.7. The Hall–Kier alpha value is -4.33. The van der Waals surface area contributed by atoms with E-state index < -0.39 is 12.0 Å². The van der Waals surface area contributed by atoms with Crippen LogP contribution in [0.15, 0.2) is 73.1 Å². The second kappa shape index (κ2) is 8.07. The van der Waals surface area contributed by atoms with Crippen LogP contribution >= 0.6 is 0 Å². The number of nitrogens with zero attached hydrogens (tertiary/aromatic N) is 2. The smallest absolute Gasteiger partial charge is 0.305 e. The van der Waals surface area contributed by atoms with Crippen molar-refractivity contribution >= 4 is 28.6 Å². The van der Waals surface area contributed by atoms with Crippen LogP contribution in [-0.2, 0) is 4.79 Å². The summed E-state index contributed by atoms with van der Waals surface area (Å²) >= 11 is 0. The number of anilines is 1. The maximum atomic E-state index is 12.8. The van der Waals surface area contributed by atoms with Crippen molar-refractivity contribution in [3.05, 3.63) is 84.2 Å². The number of rotatable bonds is 6. The van der Waals surface area contributed by atoms with Gasteiger partial charge in [0.1, 0.15) is 0 Å². The molecule has 0 radical (unpaired) electrons. The Bertz CT molecular complexity index is 1320. The highest BCUT2D eigenvalue weighted by molar-refractivity contribution is 6.05. The largest absolute Gasteiger partial charge is 0.481 e. The highest BCUT2D eigenvalue weighted by Crippen LogP contribution is 2.33. The van der Waals surface area contributed by atoms with E-state index in [1.54, 1.807) is 42.7 Å². The molecule has 1 atom stereocenters. The standard InChI is InChI=1S/C24H19N3O5/c28-23(29)12-19(15-4-2-1-3-5-15)27-13-25-18-8-7-17(11-20(18)27)26-24(30)16-6-9-21-22(10-16)32-14-31-21/h1-11,13,19H,12,14H2,(H,26,30)(H,28,29). The van der Waals surface area contributed by atoms with Crippen LogP contribution in [0, 0.1) is 0 Å². The van der Waals surface area contributed by atoms with Crippen molar-refractivity contribution in [2.75, 3.05) is 12.1 Å². The van der Waals surface area contributed by atoms with Gasteiger partial charge in [-0.15, -0.1) is 0 Å². The zero-order valence-corrected chi connectivity index (χ0v) is 16.9. The Kier molecular flexibility index (Phi) is 4.95. The van der Waals surface area contributed by atoms with Gasteiger partial charge in [0.15, 0.2) is 11.5 Å². The number of aromatic nitrogens is 2. The van der Waals surface area contributed by atoms with Crippen molar-refractivity contribution in [3.63, 3.8) is 0 Å². The van der Waals surface area contributed by atoms with Crippen molar-refractivity contribution in [1.82, 2.24) is 9.55 Å². The van der Waals surface area contributed by atoms with Gasteiger partial charge in [-0.3, -0.25) is 9.59 Å². The number of carboxylic acids is 1. The number of hydrogen-bond acceptors (Lipinski definition) is 5. The fourth-order valence-electron chi connectivity index (χ4n) is 3.81. The number of hydrogen-bond donors (Lipinski definition) is 2. The van der Waals surface area contributed by atoms with Crippen LogP contribution < -0.4 is 14.8 Å². The van der Waals surface area contributed by atoms with Crippen molar-refractivity contribution in [2.24, 2.45) is 0 Å². The average Bonchev–Trinajstić information content (AvgIpc) is 3.44. The van der Waals surface area contributed by atoms with Gasteiger partial charge < -0.3 is 24.5 Å². The first-order valence-electron chi connectivity index (χ1n) is 10.0. The van der Waals surface area contributed by atoms with Crippen LogP contribution in [0.2, 0.25) is 0 Å². The minimum absolute atomic E-state index is 0.0940. The zero-order valence-electron chi connectivity index (χ0n) is 16.9. The summed E-state index contributed by atoms with van der Waals surface area (Å²) in [6.45, 7) is 0.139. The molecule has 1 aliphatic rings. The molecule has 1 unspecified atom stereocenters. The van der Waals surface area contributed by atoms with E-state index in [4.69, 9.17) is 9.47 Å². The van der Waals surface area contributed by atoms with Gasteiger partial charge >= 0.3 is 5.97 Å². The van der Waals surface area contributed by atoms with E-state index in [2.05, 4.69) is 10.3 Å². The van der Waals surface area contributed by atoms with Gasteiger partial charge in [0.2, 0.25) is 6.79 Å². The van der Waals surface area contributed by atoms with Crippen LogP contribution in [0.4, 0.5) is 5.69 Å². The number of carbonyl (C=O) groups is 2. The van der Waals surface area contributed by atoms with Crippen LogP contribution in [0.3, 0.4) is 0 Å². The second-order valence-corrected chi connectivity index (χ2v) is 7.40. The molecule has 8 nitrogen and oxygen atoms in total. The monoisotopic (exact) mass is 429 g/mol. The number of fused-ring (bicyclic) bond motifs is 2. The molecule has 0 bridgehead atoms. The van der Waals surface area contributed by atoms with E-state index in [1.165, 1.54) is 0 Å². The first kappa shape index (κ1) is 19.6. The third-order valence-electron chi connectivity index (χ3n) is 5.36. The average molecular weight is 429 g/mol. The predicted octanol–water partition coefficient (Wildman–Crippen LogP) is 4.08. The lowest BCUT2D eigenvalue weighted by atomic mass is 10.0. The molecule has 2 N–H and O–H groups in total. The minimum Gasteiger partial charge on any atom is -0.481 e. The maximum absolute atomic E-state index is 12.8. The van der Waals surface area contributed by atoms with E-state index >= 15 is 0 Å². The lowest BCUT2D eigenvalue weighted by molar-refractivity contribution is -0.137. The SMILES string of the molecule is O=C(O)CC(c1ccccc1)n1cnc2ccc(NC(=O)c3ccc4c(c3)OCO4)cc21. The van der Waals surface area contributed by atoms with Crippen LogP contribution in [-0.4, -0.2) is 33.3 Å². The molecular weight excluding hydrogens is 410 g/mol. The number of benzene rings is 3. The zero-order chi connectivity index (χ0) is 22.1. The van der Waals surface area contributed by atoms with Gasteiger partial charge in [-0.25, -0.2) is 4.98 Å². The minimum atomic E-state index is -0.909. The molecule has 0 aliphatic carbocycles. The van der Waals surface area contributed by atoms with Gasteiger partial charge in [0.05, 0.1) is 29.8 Å². The fraction of sp³-hybridized carbons (Fsp3) is 0.125. The Morgan fingerprint density at radius 2 is 1.84 bits per heavy atom. The first-order chi connectivity index (χ1) is 15.6. The van der Waals surface area contributed by atoms with E-state index in [0.717, 1.165) is 11.1 Å². The Balaban J connectivity index is 1.46. The summed E-state index contributed by atoms with van der Waals surface area (Å²) in [5, 5.41) is 12.4. The summed E-state index contributed by atoms with van der Waals surface area (Å²) in [5.41, 5.74) is 3.31. The molecule has 0 fully saturated rings. The van der Waals surface area contributed by atoms with E-state index in [1.807, 2.05) is 34.9 Å². The fourth-order valence-corrected chi connectivity index (χ4v) is 3.81. The molecule has 0 saturated heterocycles. The Morgan fingerprint density at radius 1 is 1.03 bits per heavy atom. The Morgan fingerprint density at radius 3 is 2.66 bits per heavy atom. The molecule has 32 heavy (non-hydrogen) atoms. The molecule has 160 valence electrons. The third kappa shape index (κ3) is 3.74. The van der Waals surface area contributed by atoms with Crippen molar-refractivity contribution < 1.29 is 24.2 Å². The number of ether oxygens (including phenoxy) is 2. The molecular formula is C24H19N3O5. The van der Waals surface area contributed by atoms with Gasteiger partial charge in [-0.1, -0.05) is 30.3 Å². The number of nitrogens with one attached hydrogen (secondary N) is 1. The van der Waals surface area contributed by atoms with Crippen LogP contribution in [0.5, 0.6) is 11.5 Å². The molecule has 1 aromatic heterocycles. The quantitative estimate of drug-likeness (QED) is 0.479. The summed E-state index contributed by atoms with van der Waals surface area (Å²) in [5.74, 6) is -0.0605. The number of imidazole rings is 1. The van der Waals surface area contributed by atoms with Crippen LogP contribution in [0.25, 0.3) is 11.0 Å². The molecule has 2 heterocycles. The summed E-state index contributed by atoms with van der Waals surface area (Å²) < 4.78 is 12.5. The lowest BCUT2D eigenvalue weighted by Gasteiger charge is -2.18. The van der Waals surface area contributed by atoms with Crippen molar-refractivity contribution in [2.45, 2.75) is 12.5 Å². The number of carboxylic acid groups (broad SMARTS) is 1. The summed E-state index contributed by atoms with van der Waals surface area (Å²) in [6, 6.07) is 19.4. The molecule has 0 saturated carbocycles. The molecule has 5 rings (SSSR count).